The van der Waals surface area contributed by atoms with Crippen LogP contribution in [0.2, 0.25) is 0 Å². The lowest BCUT2D eigenvalue weighted by molar-refractivity contribution is 0.121. The molecule has 0 atom stereocenters. The highest BCUT2D eigenvalue weighted by atomic mass is 16.5. The van der Waals surface area contributed by atoms with E-state index in [9.17, 15) is 4.79 Å². The maximum absolute atomic E-state index is 9.89. The van der Waals surface area contributed by atoms with Crippen LogP contribution in [-0.4, -0.2) is 24.8 Å². The molecule has 0 bridgehead atoms. The van der Waals surface area contributed by atoms with Crippen LogP contribution in [0.15, 0.2) is 17.6 Å². The van der Waals surface area contributed by atoms with E-state index in [4.69, 9.17) is 4.74 Å². The second-order valence-corrected chi connectivity index (χ2v) is 2.82. The van der Waals surface area contributed by atoms with Crippen LogP contribution in [0.3, 0.4) is 0 Å². The van der Waals surface area contributed by atoms with Crippen molar-refractivity contribution in [2.24, 2.45) is 4.99 Å². The van der Waals surface area contributed by atoms with Gasteiger partial charge in [0.1, 0.15) is 0 Å². The molecule has 62 valence electrons. The zero-order valence-electron chi connectivity index (χ0n) is 6.96. The molecular weight excluding hydrogens is 142 g/mol. The summed E-state index contributed by atoms with van der Waals surface area (Å²) in [7, 11) is 0. The van der Waals surface area contributed by atoms with E-state index in [-0.39, 0.29) is 0 Å². The molecule has 0 spiro atoms. The first-order valence-corrected chi connectivity index (χ1v) is 3.40. The smallest absolute Gasteiger partial charge is 0.235 e. The molecule has 0 saturated carbocycles. The average Bonchev–Trinajstić information content (AvgIpc) is 1.87. The Labute approximate surface area is 66.8 Å². The van der Waals surface area contributed by atoms with E-state index in [1.807, 2.05) is 0 Å². The molecule has 0 aliphatic rings. The molecule has 0 heterocycles. The second kappa shape index (κ2) is 4.83. The minimum Gasteiger partial charge on any atom is -0.375 e. The van der Waals surface area contributed by atoms with Crippen molar-refractivity contribution < 1.29 is 9.53 Å². The zero-order chi connectivity index (χ0) is 8.74. The topological polar surface area (TPSA) is 38.7 Å². The molecule has 0 aromatic carbocycles. The number of isocyanates is 1. The highest BCUT2D eigenvalue weighted by Gasteiger charge is 2.15. The maximum Gasteiger partial charge on any atom is 0.235 e. The molecule has 0 N–H and O–H groups in total. The first-order chi connectivity index (χ1) is 5.12. The van der Waals surface area contributed by atoms with Crippen molar-refractivity contribution in [1.82, 2.24) is 0 Å². The zero-order valence-corrected chi connectivity index (χ0v) is 6.96. The van der Waals surface area contributed by atoms with Gasteiger partial charge in [-0.15, -0.1) is 6.58 Å². The third kappa shape index (κ3) is 5.52. The van der Waals surface area contributed by atoms with Crippen LogP contribution in [0.4, 0.5) is 0 Å². The standard InChI is InChI=1S/C8H13NO2/c1-4-5-11-6-8(2,3)9-7-10/h4H,1,5-6H2,2-3H3. The van der Waals surface area contributed by atoms with Crippen LogP contribution in [-0.2, 0) is 9.53 Å². The van der Waals surface area contributed by atoms with E-state index in [2.05, 4.69) is 11.6 Å². The summed E-state index contributed by atoms with van der Waals surface area (Å²) in [6.07, 6.45) is 3.16. The molecule has 0 unspecified atom stereocenters. The first-order valence-electron chi connectivity index (χ1n) is 3.40. The van der Waals surface area contributed by atoms with Gasteiger partial charge in [-0.2, -0.15) is 4.99 Å². The first kappa shape index (κ1) is 10.1. The van der Waals surface area contributed by atoms with Gasteiger partial charge in [0, 0.05) is 0 Å². The number of rotatable bonds is 5. The van der Waals surface area contributed by atoms with E-state index in [1.54, 1.807) is 19.9 Å². The van der Waals surface area contributed by atoms with Gasteiger partial charge in [-0.1, -0.05) is 6.08 Å². The van der Waals surface area contributed by atoms with Crippen molar-refractivity contribution in [1.29, 1.82) is 0 Å². The number of aliphatic imine (C=N–C) groups is 1. The van der Waals surface area contributed by atoms with Gasteiger partial charge in [0.05, 0.1) is 18.8 Å². The Hall–Kier alpha value is -0.920. The molecule has 0 rings (SSSR count). The molecule has 0 radical (unpaired) electrons. The predicted octanol–water partition coefficient (Wildman–Crippen LogP) is 1.30. The van der Waals surface area contributed by atoms with Gasteiger partial charge in [-0.3, -0.25) is 0 Å². The van der Waals surface area contributed by atoms with Crippen LogP contribution in [0.1, 0.15) is 13.8 Å². The summed E-state index contributed by atoms with van der Waals surface area (Å²) < 4.78 is 5.11. The molecule has 0 saturated heterocycles. The fraction of sp³-hybridized carbons (Fsp3) is 0.625. The average molecular weight is 155 g/mol. The summed E-state index contributed by atoms with van der Waals surface area (Å²) in [6.45, 7) is 8.00. The highest BCUT2D eigenvalue weighted by Crippen LogP contribution is 2.07. The molecule has 0 amide bonds. The Morgan fingerprint density at radius 1 is 1.73 bits per heavy atom. The van der Waals surface area contributed by atoms with Crippen molar-refractivity contribution in [3.63, 3.8) is 0 Å². The summed E-state index contributed by atoms with van der Waals surface area (Å²) in [5, 5.41) is 0. The Morgan fingerprint density at radius 2 is 2.36 bits per heavy atom. The van der Waals surface area contributed by atoms with Gasteiger partial charge in [0.2, 0.25) is 6.08 Å². The monoisotopic (exact) mass is 155 g/mol. The van der Waals surface area contributed by atoms with E-state index >= 15 is 0 Å². The highest BCUT2D eigenvalue weighted by molar-refractivity contribution is 5.34. The van der Waals surface area contributed by atoms with Crippen molar-refractivity contribution in [3.8, 4) is 0 Å². The van der Waals surface area contributed by atoms with Crippen LogP contribution in [0, 0.1) is 0 Å². The third-order valence-electron chi connectivity index (χ3n) is 1.04. The second-order valence-electron chi connectivity index (χ2n) is 2.82. The fourth-order valence-electron chi connectivity index (χ4n) is 0.548. The van der Waals surface area contributed by atoms with E-state index in [0.717, 1.165) is 0 Å². The molecule has 11 heavy (non-hydrogen) atoms. The van der Waals surface area contributed by atoms with Crippen molar-refractivity contribution in [2.45, 2.75) is 19.4 Å². The predicted molar refractivity (Wildman–Crippen MR) is 43.2 cm³/mol. The van der Waals surface area contributed by atoms with Gasteiger partial charge in [-0.05, 0) is 13.8 Å². The van der Waals surface area contributed by atoms with Gasteiger partial charge in [0.25, 0.3) is 0 Å². The number of ether oxygens (including phenoxy) is 1. The summed E-state index contributed by atoms with van der Waals surface area (Å²) in [5.74, 6) is 0. The summed E-state index contributed by atoms with van der Waals surface area (Å²) >= 11 is 0. The summed E-state index contributed by atoms with van der Waals surface area (Å²) in [5.41, 5.74) is -0.467. The Kier molecular flexibility index (Phi) is 4.42. The molecule has 0 fully saturated rings. The van der Waals surface area contributed by atoms with E-state index in [1.165, 1.54) is 6.08 Å². The Morgan fingerprint density at radius 3 is 2.82 bits per heavy atom. The summed E-state index contributed by atoms with van der Waals surface area (Å²) in [4.78, 5) is 13.4. The van der Waals surface area contributed by atoms with Crippen LogP contribution in [0.25, 0.3) is 0 Å². The molecule has 0 aromatic heterocycles. The fourth-order valence-corrected chi connectivity index (χ4v) is 0.548. The van der Waals surface area contributed by atoms with Gasteiger partial charge >= 0.3 is 0 Å². The largest absolute Gasteiger partial charge is 0.375 e. The molecule has 3 nitrogen and oxygen atoms in total. The van der Waals surface area contributed by atoms with E-state index in [0.29, 0.717) is 13.2 Å². The van der Waals surface area contributed by atoms with E-state index < -0.39 is 5.54 Å². The maximum atomic E-state index is 9.89. The van der Waals surface area contributed by atoms with Gasteiger partial charge in [0.15, 0.2) is 0 Å². The van der Waals surface area contributed by atoms with Crippen molar-refractivity contribution in [2.75, 3.05) is 13.2 Å². The third-order valence-corrected chi connectivity index (χ3v) is 1.04. The van der Waals surface area contributed by atoms with Crippen LogP contribution in [0.5, 0.6) is 0 Å². The SMILES string of the molecule is C=CCOCC(C)(C)N=C=O. The molecule has 0 aliphatic heterocycles. The minimum atomic E-state index is -0.467. The number of hydrogen-bond acceptors (Lipinski definition) is 3. The number of hydrogen-bond donors (Lipinski definition) is 0. The Bertz CT molecular complexity index is 169. The lowest BCUT2D eigenvalue weighted by Crippen LogP contribution is -2.24. The lowest BCUT2D eigenvalue weighted by atomic mass is 10.1. The van der Waals surface area contributed by atoms with Crippen LogP contribution >= 0.6 is 0 Å². The van der Waals surface area contributed by atoms with Gasteiger partial charge in [-0.25, -0.2) is 4.79 Å². The minimum absolute atomic E-state index is 0.411. The molecule has 0 aliphatic carbocycles. The number of carbonyl (C=O) groups excluding carboxylic acids is 1. The summed E-state index contributed by atoms with van der Waals surface area (Å²) in [6, 6.07) is 0. The Balaban J connectivity index is 3.71. The molecule has 0 aromatic rings. The normalized spacial score (nSPS) is 10.4. The lowest BCUT2D eigenvalue weighted by Gasteiger charge is -2.15. The molecule has 3 heteroatoms. The molecular formula is C8H13NO2. The quantitative estimate of drug-likeness (QED) is 0.260. The van der Waals surface area contributed by atoms with Gasteiger partial charge < -0.3 is 4.74 Å². The van der Waals surface area contributed by atoms with Crippen molar-refractivity contribution >= 4 is 6.08 Å². The number of nitrogens with zero attached hydrogens (tertiary/aromatic N) is 1. The van der Waals surface area contributed by atoms with Crippen molar-refractivity contribution in [3.05, 3.63) is 12.7 Å². The van der Waals surface area contributed by atoms with Crippen LogP contribution < -0.4 is 0 Å².